The molecule has 4 aromatic carbocycles. The van der Waals surface area contributed by atoms with Crippen LogP contribution in [0.5, 0.6) is 0 Å². The second kappa shape index (κ2) is 29.9. The molecular weight excluding hydrogens is 1100 g/mol. The van der Waals surface area contributed by atoms with Gasteiger partial charge >= 0.3 is 23.9 Å². The topological polar surface area (TPSA) is 246 Å². The second-order valence-corrected chi connectivity index (χ2v) is 22.5. The molecule has 0 N–H and O–H groups in total. The molecule has 5 saturated heterocycles. The average molecular weight is 1180 g/mol. The Balaban J connectivity index is 1.14. The predicted octanol–water partition coefficient (Wildman–Crippen LogP) is 10.1. The fourth-order valence-electron chi connectivity index (χ4n) is 11.8. The molecule has 9 rings (SSSR count). The highest BCUT2D eigenvalue weighted by atomic mass is 16.8. The summed E-state index contributed by atoms with van der Waals surface area (Å²) in [6, 6.07) is 34.9. The Morgan fingerprint density at radius 1 is 0.529 bits per heavy atom. The number of benzene rings is 4. The van der Waals surface area contributed by atoms with E-state index in [2.05, 4.69) is 16.9 Å². The van der Waals surface area contributed by atoms with Crippen LogP contribution >= 0.6 is 0 Å². The maximum absolute atomic E-state index is 14.9. The summed E-state index contributed by atoms with van der Waals surface area (Å²) in [5, 5.41) is 3.64. The number of hydrogen-bond acceptors (Lipinski definition) is 19. The van der Waals surface area contributed by atoms with Crippen LogP contribution in [0.4, 0.5) is 0 Å². The van der Waals surface area contributed by atoms with E-state index in [0.29, 0.717) is 19.3 Å². The lowest BCUT2D eigenvalue weighted by molar-refractivity contribution is -0.397. The molecule has 21 atom stereocenters. The van der Waals surface area contributed by atoms with Crippen LogP contribution in [0.2, 0.25) is 0 Å². The number of ether oxygens (including phenoxy) is 14. The van der Waals surface area contributed by atoms with E-state index in [1.807, 2.05) is 71.9 Å². The standard InChI is InChI=1S/C64H79N3O18/c1-9-46-36(3)37(4)52(75-41(8)68)63(76-46)84-54-49(34-73-57(69)42-24-15-11-16-25-42)79-64(83-51-40(7)53(80-58(70)43-26-17-12-18-27-43)62(77-47(51)10-2)72-33-23-32-66-67-65)56(81-59(71)44-28-19-13-20-29-44)55(54)85-60-39(6)38(5)50-48(78-60)35-74-61(82-50)45-30-21-14-22-31-45/h11-22,24-31,36-40,46-56,60-64H,9-10,23,32-35H2,1-8H3/t36-,37-,38+,39?,40-,46?,47?,48?,49?,50-,51-,52?,53?,54-,55-,56?,60-,61?,62+,63-,64-/m0/s1. The van der Waals surface area contributed by atoms with Crippen LogP contribution in [-0.4, -0.2) is 143 Å². The van der Waals surface area contributed by atoms with E-state index in [1.165, 1.54) is 6.92 Å². The van der Waals surface area contributed by atoms with Gasteiger partial charge in [0.05, 0.1) is 54.3 Å². The molecule has 0 aromatic heterocycles. The van der Waals surface area contributed by atoms with Crippen molar-refractivity contribution in [1.29, 1.82) is 0 Å². The summed E-state index contributed by atoms with van der Waals surface area (Å²) in [5.41, 5.74) is 10.5. The van der Waals surface area contributed by atoms with Crippen LogP contribution in [0.3, 0.4) is 0 Å². The Bertz CT molecular complexity index is 2830. The van der Waals surface area contributed by atoms with Gasteiger partial charge in [0.15, 0.2) is 49.8 Å². The van der Waals surface area contributed by atoms with Crippen LogP contribution in [0.25, 0.3) is 10.4 Å². The highest BCUT2D eigenvalue weighted by Gasteiger charge is 2.58. The zero-order valence-corrected chi connectivity index (χ0v) is 49.3. The number of hydrogen-bond donors (Lipinski definition) is 0. The molecule has 0 spiro atoms. The van der Waals surface area contributed by atoms with Gasteiger partial charge in [0.1, 0.15) is 31.0 Å². The van der Waals surface area contributed by atoms with Gasteiger partial charge in [-0.1, -0.05) is 139 Å². The maximum atomic E-state index is 14.9. The average Bonchev–Trinajstić information content (AvgIpc) is 2.42. The van der Waals surface area contributed by atoms with E-state index in [-0.39, 0.29) is 60.3 Å². The van der Waals surface area contributed by atoms with Crippen molar-refractivity contribution < 1.29 is 85.5 Å². The molecule has 85 heavy (non-hydrogen) atoms. The van der Waals surface area contributed by atoms with Crippen molar-refractivity contribution in [2.45, 2.75) is 173 Å². The monoisotopic (exact) mass is 1180 g/mol. The predicted molar refractivity (Wildman–Crippen MR) is 304 cm³/mol. The second-order valence-electron chi connectivity index (χ2n) is 22.5. The fourth-order valence-corrected chi connectivity index (χ4v) is 11.8. The van der Waals surface area contributed by atoms with Crippen molar-refractivity contribution in [2.24, 2.45) is 34.7 Å². The molecule has 21 nitrogen and oxygen atoms in total. The van der Waals surface area contributed by atoms with Gasteiger partial charge in [0.2, 0.25) is 0 Å². The first-order chi connectivity index (χ1) is 41.2. The summed E-state index contributed by atoms with van der Waals surface area (Å²) in [5.74, 6) is -4.41. The largest absolute Gasteiger partial charge is 0.459 e. The summed E-state index contributed by atoms with van der Waals surface area (Å²) in [4.78, 5) is 58.8. The number of rotatable bonds is 22. The lowest BCUT2D eigenvalue weighted by Crippen LogP contribution is -2.67. The lowest BCUT2D eigenvalue weighted by Gasteiger charge is -2.53. The van der Waals surface area contributed by atoms with Gasteiger partial charge in [-0.3, -0.25) is 4.79 Å². The molecule has 0 bridgehead atoms. The van der Waals surface area contributed by atoms with Gasteiger partial charge in [-0.15, -0.1) is 0 Å². The third kappa shape index (κ3) is 15.3. The molecule has 0 radical (unpaired) electrons. The van der Waals surface area contributed by atoms with Gasteiger partial charge < -0.3 is 66.3 Å². The SMILES string of the molecule is CCC1O[C@@H](O[C@H]2C(COC(=O)c3ccccc3)O[C@@H](O[C@@H]3C(CC)O[C@@H](OCCCN=[N+]=[N-])C(OC(=O)c4ccccc4)[C@H]3C)C(OC(=O)c3ccccc3)[C@H]2O[C@@H]2OC3COC(c4ccccc4)O[C@H]3[C@H](C)C2C)C(OC(C)=O)[C@@H](C)[C@@H]1C. The summed E-state index contributed by atoms with van der Waals surface area (Å²) < 4.78 is 93.8. The molecule has 5 fully saturated rings. The third-order valence-electron chi connectivity index (χ3n) is 16.9. The Hall–Kier alpha value is -6.33. The molecule has 9 unspecified atom stereocenters. The Kier molecular flexibility index (Phi) is 22.2. The van der Waals surface area contributed by atoms with Crippen LogP contribution in [0, 0.1) is 29.6 Å². The number of fused-ring (bicyclic) bond motifs is 1. The summed E-state index contributed by atoms with van der Waals surface area (Å²) >= 11 is 0. The van der Waals surface area contributed by atoms with Crippen LogP contribution in [0.1, 0.15) is 118 Å². The third-order valence-corrected chi connectivity index (χ3v) is 16.9. The minimum atomic E-state index is -1.59. The molecule has 21 heteroatoms. The van der Waals surface area contributed by atoms with Crippen molar-refractivity contribution in [2.75, 3.05) is 26.4 Å². The Labute approximate surface area is 496 Å². The van der Waals surface area contributed by atoms with Crippen molar-refractivity contribution >= 4 is 23.9 Å². The minimum Gasteiger partial charge on any atom is -0.459 e. The number of nitrogens with zero attached hydrogens (tertiary/aromatic N) is 3. The Morgan fingerprint density at radius 3 is 1.66 bits per heavy atom. The van der Waals surface area contributed by atoms with Crippen molar-refractivity contribution in [3.63, 3.8) is 0 Å². The molecule has 0 saturated carbocycles. The highest BCUT2D eigenvalue weighted by Crippen LogP contribution is 2.44. The van der Waals surface area contributed by atoms with E-state index >= 15 is 0 Å². The number of esters is 4. The molecule has 458 valence electrons. The minimum absolute atomic E-state index is 0.0825. The summed E-state index contributed by atoms with van der Waals surface area (Å²) in [6.07, 6.45) is -15.4. The molecule has 4 aromatic rings. The smallest absolute Gasteiger partial charge is 0.338 e. The molecule has 0 aliphatic carbocycles. The van der Waals surface area contributed by atoms with Gasteiger partial charge in [-0.25, -0.2) is 14.4 Å². The fraction of sp³-hybridized carbons (Fsp3) is 0.562. The Morgan fingerprint density at radius 2 is 1.06 bits per heavy atom. The summed E-state index contributed by atoms with van der Waals surface area (Å²) in [7, 11) is 0. The van der Waals surface area contributed by atoms with Crippen molar-refractivity contribution in [3.8, 4) is 0 Å². The first kappa shape index (κ1) is 63.2. The number of carbonyl (C=O) groups is 4. The first-order valence-electron chi connectivity index (χ1n) is 29.6. The van der Waals surface area contributed by atoms with Gasteiger partial charge in [0, 0.05) is 41.7 Å². The van der Waals surface area contributed by atoms with Crippen molar-refractivity contribution in [1.82, 2.24) is 0 Å². The van der Waals surface area contributed by atoms with Crippen LogP contribution in [0.15, 0.2) is 126 Å². The van der Waals surface area contributed by atoms with Crippen LogP contribution < -0.4 is 0 Å². The zero-order chi connectivity index (χ0) is 60.1. The van der Waals surface area contributed by atoms with E-state index in [9.17, 15) is 19.2 Å². The van der Waals surface area contributed by atoms with Crippen LogP contribution in [-0.2, 0) is 71.1 Å². The van der Waals surface area contributed by atoms with Gasteiger partial charge in [-0.2, -0.15) is 0 Å². The van der Waals surface area contributed by atoms with Crippen molar-refractivity contribution in [3.05, 3.63) is 154 Å². The van der Waals surface area contributed by atoms with E-state index < -0.39 is 135 Å². The number of carbonyl (C=O) groups excluding carboxylic acids is 4. The lowest BCUT2D eigenvalue weighted by atomic mass is 9.82. The van der Waals surface area contributed by atoms with Gasteiger partial charge in [0.25, 0.3) is 0 Å². The maximum Gasteiger partial charge on any atom is 0.338 e. The zero-order valence-electron chi connectivity index (χ0n) is 49.3. The van der Waals surface area contributed by atoms with E-state index in [1.54, 1.807) is 91.0 Å². The van der Waals surface area contributed by atoms with Gasteiger partial charge in [-0.05, 0) is 73.0 Å². The molecular formula is C64H79N3O18. The molecule has 5 aliphatic rings. The normalized spacial score (nSPS) is 34.6. The molecule has 5 aliphatic heterocycles. The molecule has 0 amide bonds. The quantitative estimate of drug-likeness (QED) is 0.0177. The van der Waals surface area contributed by atoms with E-state index in [0.717, 1.165) is 5.56 Å². The molecule has 5 heterocycles. The van der Waals surface area contributed by atoms with E-state index in [4.69, 9.17) is 71.8 Å². The summed E-state index contributed by atoms with van der Waals surface area (Å²) in [6.45, 7) is 15.0. The first-order valence-corrected chi connectivity index (χ1v) is 29.6. The highest BCUT2D eigenvalue weighted by molar-refractivity contribution is 5.90. The number of azide groups is 1.